The molecule has 1 fully saturated rings. The van der Waals surface area contributed by atoms with Gasteiger partial charge in [0.05, 0.1) is 27.6 Å². The highest BCUT2D eigenvalue weighted by molar-refractivity contribution is 7.91. The molecule has 2 aromatic carbocycles. The molecule has 0 bridgehead atoms. The van der Waals surface area contributed by atoms with E-state index in [1.165, 1.54) is 17.4 Å². The smallest absolute Gasteiger partial charge is 0.238 e. The minimum Gasteiger partial charge on any atom is -0.437 e. The van der Waals surface area contributed by atoms with Crippen LogP contribution in [-0.2, 0) is 15.8 Å². The molecule has 1 aliphatic rings. The second kappa shape index (κ2) is 13.4. The van der Waals surface area contributed by atoms with Crippen molar-refractivity contribution in [1.82, 2.24) is 25.3 Å². The fraction of sp³-hybridized carbons (Fsp3) is 0.267. The fourth-order valence-corrected chi connectivity index (χ4v) is 6.91. The average Bonchev–Trinajstić information content (AvgIpc) is 3.40. The second-order valence-electron chi connectivity index (χ2n) is 10.4. The third-order valence-electron chi connectivity index (χ3n) is 7.09. The van der Waals surface area contributed by atoms with E-state index >= 15 is 4.39 Å². The fourth-order valence-electron chi connectivity index (χ4n) is 5.06. The lowest BCUT2D eigenvalue weighted by Gasteiger charge is -2.23. The minimum absolute atomic E-state index is 0. The number of benzene rings is 2. The Hall–Kier alpha value is -3.91. The molecule has 230 valence electrons. The van der Waals surface area contributed by atoms with E-state index in [0.29, 0.717) is 45.3 Å². The number of aromatic nitrogens is 4. The van der Waals surface area contributed by atoms with E-state index < -0.39 is 15.8 Å². The summed E-state index contributed by atoms with van der Waals surface area (Å²) in [6, 6.07) is 11.9. The van der Waals surface area contributed by atoms with Gasteiger partial charge in [-0.3, -0.25) is 4.72 Å². The molecule has 0 saturated carbocycles. The second-order valence-corrected chi connectivity index (χ2v) is 13.1. The van der Waals surface area contributed by atoms with Crippen LogP contribution in [0.1, 0.15) is 29.1 Å². The normalized spacial score (nSPS) is 15.0. The first kappa shape index (κ1) is 31.5. The lowest BCUT2D eigenvalue weighted by atomic mass is 10.0. The highest BCUT2D eigenvalue weighted by Crippen LogP contribution is 2.39. The maximum Gasteiger partial charge on any atom is 0.238 e. The van der Waals surface area contributed by atoms with Crippen molar-refractivity contribution in [2.24, 2.45) is 0 Å². The quantitative estimate of drug-likeness (QED) is 0.169. The van der Waals surface area contributed by atoms with Crippen LogP contribution in [0.5, 0.6) is 11.6 Å². The first-order valence-corrected chi connectivity index (χ1v) is 16.4. The van der Waals surface area contributed by atoms with Crippen LogP contribution in [0.25, 0.3) is 22.0 Å². The molecule has 1 saturated heterocycles. The number of hydrogen-bond donors (Lipinski definition) is 3. The van der Waals surface area contributed by atoms with Crippen LogP contribution in [0.3, 0.4) is 0 Å². The first-order chi connectivity index (χ1) is 20.8. The molecule has 5 aromatic rings. The Bertz CT molecular complexity index is 1900. The number of sulfonamides is 1. The van der Waals surface area contributed by atoms with E-state index in [1.807, 2.05) is 13.0 Å². The summed E-state index contributed by atoms with van der Waals surface area (Å²) in [5.74, 6) is 0.170. The summed E-state index contributed by atoms with van der Waals surface area (Å²) in [7, 11) is -3.95. The monoisotopic (exact) mass is 655 g/mol. The van der Waals surface area contributed by atoms with Crippen molar-refractivity contribution in [2.75, 3.05) is 23.1 Å². The molecule has 44 heavy (non-hydrogen) atoms. The topological polar surface area (TPSA) is 131 Å². The van der Waals surface area contributed by atoms with Gasteiger partial charge in [0.1, 0.15) is 17.3 Å². The molecule has 3 N–H and O–H groups in total. The molecule has 0 spiro atoms. The minimum atomic E-state index is -3.95. The van der Waals surface area contributed by atoms with Gasteiger partial charge in [0.25, 0.3) is 0 Å². The lowest BCUT2D eigenvalue weighted by Crippen LogP contribution is -2.38. The van der Waals surface area contributed by atoms with Crippen LogP contribution in [0.15, 0.2) is 60.2 Å². The summed E-state index contributed by atoms with van der Waals surface area (Å²) in [5, 5.41) is 10.1. The number of anilines is 2. The number of ether oxygens (including phenoxy) is 1. The molecule has 0 aliphatic carbocycles. The highest BCUT2D eigenvalue weighted by atomic mass is 35.5. The van der Waals surface area contributed by atoms with Gasteiger partial charge in [-0.25, -0.2) is 32.7 Å². The average molecular weight is 656 g/mol. The van der Waals surface area contributed by atoms with E-state index in [9.17, 15) is 8.42 Å². The van der Waals surface area contributed by atoms with E-state index in [2.05, 4.69) is 30.3 Å². The van der Waals surface area contributed by atoms with Crippen molar-refractivity contribution in [3.63, 3.8) is 0 Å². The summed E-state index contributed by atoms with van der Waals surface area (Å²) in [5.41, 5.74) is 2.28. The van der Waals surface area contributed by atoms with Crippen molar-refractivity contribution >= 4 is 56.2 Å². The standard InChI is InChI=1S/C30H30FN7O3S2.ClH/c1-18-7-8-22-23(9-10-25(31)27(22)38-43(39,40)17-21-16-42-19(2)35-21)28(18)41-29-24(6-4-13-33-29)26-11-14-34-30(37-26)36-20-5-3-12-32-15-20;/h4,6-11,13-14,16,20,32,38H,3,5,12,15,17H2,1-2H3,(H,34,36,37);1H/t20-;/m0./s1. The number of halogens is 2. The predicted molar refractivity (Wildman–Crippen MR) is 174 cm³/mol. The molecular formula is C30H31ClFN7O3S2. The Morgan fingerprint density at radius 1 is 1.07 bits per heavy atom. The van der Waals surface area contributed by atoms with Gasteiger partial charge in [-0.1, -0.05) is 12.1 Å². The summed E-state index contributed by atoms with van der Waals surface area (Å²) < 4.78 is 50.0. The van der Waals surface area contributed by atoms with Crippen molar-refractivity contribution in [2.45, 2.75) is 38.5 Å². The van der Waals surface area contributed by atoms with E-state index in [-0.39, 0.29) is 29.9 Å². The Kier molecular flexibility index (Phi) is 9.59. The number of thiazole rings is 1. The largest absolute Gasteiger partial charge is 0.437 e. The molecule has 0 radical (unpaired) electrons. The zero-order valence-electron chi connectivity index (χ0n) is 24.0. The van der Waals surface area contributed by atoms with Gasteiger partial charge < -0.3 is 15.4 Å². The maximum absolute atomic E-state index is 15.1. The number of nitrogens with zero attached hydrogens (tertiary/aromatic N) is 4. The molecule has 14 heteroatoms. The van der Waals surface area contributed by atoms with E-state index in [1.54, 1.807) is 55.0 Å². The predicted octanol–water partition coefficient (Wildman–Crippen LogP) is 6.22. The number of rotatable bonds is 9. The van der Waals surface area contributed by atoms with Crippen LogP contribution >= 0.6 is 23.7 Å². The van der Waals surface area contributed by atoms with E-state index in [0.717, 1.165) is 36.5 Å². The van der Waals surface area contributed by atoms with E-state index in [4.69, 9.17) is 9.72 Å². The maximum atomic E-state index is 15.1. The molecule has 3 aromatic heterocycles. The summed E-state index contributed by atoms with van der Waals surface area (Å²) in [6.45, 7) is 5.51. The Labute approximate surface area is 265 Å². The van der Waals surface area contributed by atoms with Crippen LogP contribution in [0.2, 0.25) is 0 Å². The van der Waals surface area contributed by atoms with Crippen LogP contribution in [-0.4, -0.2) is 47.5 Å². The highest BCUT2D eigenvalue weighted by Gasteiger charge is 2.21. The SMILES string of the molecule is Cc1nc(CS(=O)(=O)Nc2c(F)ccc3c(Oc4ncccc4-c4ccnc(N[C@H]5CCCNC5)n4)c(C)ccc23)cs1.Cl. The Morgan fingerprint density at radius 3 is 2.68 bits per heavy atom. The van der Waals surface area contributed by atoms with Crippen molar-refractivity contribution in [1.29, 1.82) is 0 Å². The number of pyridine rings is 1. The van der Waals surface area contributed by atoms with Gasteiger partial charge >= 0.3 is 0 Å². The first-order valence-electron chi connectivity index (χ1n) is 13.8. The Morgan fingerprint density at radius 2 is 1.91 bits per heavy atom. The summed E-state index contributed by atoms with van der Waals surface area (Å²) in [6.07, 6.45) is 5.42. The van der Waals surface area contributed by atoms with Crippen molar-refractivity contribution < 1.29 is 17.5 Å². The third kappa shape index (κ3) is 7.07. The number of piperidine rings is 1. The summed E-state index contributed by atoms with van der Waals surface area (Å²) in [4.78, 5) is 17.8. The number of aryl methyl sites for hydroxylation is 2. The number of nitrogens with one attached hydrogen (secondary N) is 3. The molecule has 10 nitrogen and oxygen atoms in total. The molecule has 4 heterocycles. The van der Waals surface area contributed by atoms with Crippen LogP contribution in [0, 0.1) is 19.7 Å². The molecular weight excluding hydrogens is 625 g/mol. The van der Waals surface area contributed by atoms with Gasteiger partial charge in [0.2, 0.25) is 21.9 Å². The zero-order chi connectivity index (χ0) is 30.0. The van der Waals surface area contributed by atoms with Gasteiger partial charge in [-0.05, 0) is 69.1 Å². The van der Waals surface area contributed by atoms with Gasteiger partial charge in [0, 0.05) is 41.1 Å². The van der Waals surface area contributed by atoms with Crippen LogP contribution in [0.4, 0.5) is 16.0 Å². The Balaban J connectivity index is 0.00000384. The lowest BCUT2D eigenvalue weighted by molar-refractivity contribution is 0.466. The number of hydrogen-bond acceptors (Lipinski definition) is 10. The summed E-state index contributed by atoms with van der Waals surface area (Å²) >= 11 is 1.36. The van der Waals surface area contributed by atoms with Crippen molar-refractivity contribution in [3.8, 4) is 22.9 Å². The van der Waals surface area contributed by atoms with Crippen molar-refractivity contribution in [3.05, 3.63) is 82.3 Å². The van der Waals surface area contributed by atoms with Gasteiger partial charge in [0.15, 0.2) is 0 Å². The van der Waals surface area contributed by atoms with Gasteiger partial charge in [-0.15, -0.1) is 23.7 Å². The molecule has 0 unspecified atom stereocenters. The zero-order valence-corrected chi connectivity index (χ0v) is 26.5. The molecule has 1 aliphatic heterocycles. The molecule has 0 amide bonds. The molecule has 1 atom stereocenters. The number of fused-ring (bicyclic) bond motifs is 1. The molecule has 6 rings (SSSR count). The third-order valence-corrected chi connectivity index (χ3v) is 9.10. The van der Waals surface area contributed by atoms with Gasteiger partial charge in [-0.2, -0.15) is 0 Å². The van der Waals surface area contributed by atoms with Crippen LogP contribution < -0.4 is 20.1 Å².